The number of fused-ring (bicyclic) bond motifs is 2. The highest BCUT2D eigenvalue weighted by molar-refractivity contribution is 7.91. The van der Waals surface area contributed by atoms with Crippen LogP contribution in [0.15, 0.2) is 52.4 Å². The first-order valence-electron chi connectivity index (χ1n) is 13.0. The second kappa shape index (κ2) is 9.70. The van der Waals surface area contributed by atoms with Gasteiger partial charge in [-0.3, -0.25) is 18.7 Å². The number of aromatic nitrogens is 5. The molecule has 6 rings (SSSR count). The molecule has 2 fully saturated rings. The lowest BCUT2D eigenvalue weighted by Gasteiger charge is -2.31. The molecule has 1 aliphatic carbocycles. The van der Waals surface area contributed by atoms with E-state index in [1.807, 2.05) is 24.4 Å². The molecule has 1 N–H and O–H groups in total. The van der Waals surface area contributed by atoms with Gasteiger partial charge in [0.15, 0.2) is 0 Å². The minimum Gasteiger partial charge on any atom is -0.348 e. The third-order valence-corrected chi connectivity index (χ3v) is 9.52. The van der Waals surface area contributed by atoms with Gasteiger partial charge in [0.1, 0.15) is 32.6 Å². The van der Waals surface area contributed by atoms with Gasteiger partial charge in [0, 0.05) is 30.5 Å². The molecule has 0 radical (unpaired) electrons. The third kappa shape index (κ3) is 4.75. The number of sulfone groups is 1. The second-order valence-corrected chi connectivity index (χ2v) is 12.6. The van der Waals surface area contributed by atoms with E-state index in [-0.39, 0.29) is 47.3 Å². The summed E-state index contributed by atoms with van der Waals surface area (Å²) in [4.78, 5) is 48.4. The van der Waals surface area contributed by atoms with Crippen LogP contribution in [0.1, 0.15) is 61.1 Å². The molecule has 1 amide bonds. The van der Waals surface area contributed by atoms with Crippen LogP contribution >= 0.6 is 0 Å². The smallest absolute Gasteiger partial charge is 0.333 e. The summed E-state index contributed by atoms with van der Waals surface area (Å²) >= 11 is 0. The van der Waals surface area contributed by atoms with Crippen molar-refractivity contribution in [3.8, 4) is 0 Å². The normalized spacial score (nSPS) is 21.8. The van der Waals surface area contributed by atoms with Gasteiger partial charge in [-0.1, -0.05) is 6.07 Å². The van der Waals surface area contributed by atoms with Gasteiger partial charge < -0.3 is 9.72 Å². The zero-order valence-corrected chi connectivity index (χ0v) is 21.8. The molecule has 0 unspecified atom stereocenters. The van der Waals surface area contributed by atoms with E-state index in [4.69, 9.17) is 0 Å². The summed E-state index contributed by atoms with van der Waals surface area (Å²) in [5.74, 6) is -1.12. The highest BCUT2D eigenvalue weighted by atomic mass is 32.2. The van der Waals surface area contributed by atoms with Crippen LogP contribution in [-0.2, 0) is 9.84 Å². The molecule has 4 aromatic heterocycles. The highest BCUT2D eigenvalue weighted by Crippen LogP contribution is 2.29. The molecule has 204 valence electrons. The Kier molecular flexibility index (Phi) is 6.32. The molecule has 5 heterocycles. The maximum Gasteiger partial charge on any atom is 0.333 e. The molecule has 1 aliphatic heterocycles. The van der Waals surface area contributed by atoms with E-state index in [1.54, 1.807) is 10.6 Å². The molecule has 1 saturated heterocycles. The van der Waals surface area contributed by atoms with Crippen LogP contribution in [0.5, 0.6) is 0 Å². The van der Waals surface area contributed by atoms with E-state index in [2.05, 4.69) is 15.3 Å². The first-order chi connectivity index (χ1) is 18.7. The second-order valence-electron chi connectivity index (χ2n) is 10.3. The van der Waals surface area contributed by atoms with Gasteiger partial charge in [-0.05, 0) is 56.7 Å². The Labute approximate surface area is 222 Å². The fraction of sp³-hybridized carbons (Fsp3) is 0.423. The molecule has 0 atom stereocenters. The van der Waals surface area contributed by atoms with E-state index in [0.29, 0.717) is 37.0 Å². The number of rotatable bonds is 4. The van der Waals surface area contributed by atoms with Crippen molar-refractivity contribution in [3.63, 3.8) is 0 Å². The lowest BCUT2D eigenvalue weighted by molar-refractivity contribution is 0.0917. The molecule has 39 heavy (non-hydrogen) atoms. The van der Waals surface area contributed by atoms with Crippen LogP contribution in [0.25, 0.3) is 16.7 Å². The number of hydrogen-bond donors (Lipinski definition) is 1. The Morgan fingerprint density at radius 1 is 1.00 bits per heavy atom. The summed E-state index contributed by atoms with van der Waals surface area (Å²) in [5, 5.41) is 2.99. The van der Waals surface area contributed by atoms with Crippen molar-refractivity contribution in [2.24, 2.45) is 0 Å². The van der Waals surface area contributed by atoms with Gasteiger partial charge in [-0.15, -0.1) is 0 Å². The summed E-state index contributed by atoms with van der Waals surface area (Å²) in [6.07, 6.45) is 6.86. The van der Waals surface area contributed by atoms with Gasteiger partial charge in [0.2, 0.25) is 0 Å². The van der Waals surface area contributed by atoms with Crippen molar-refractivity contribution in [1.29, 1.82) is 0 Å². The predicted molar refractivity (Wildman–Crippen MR) is 141 cm³/mol. The minimum absolute atomic E-state index is 0.00898. The lowest BCUT2D eigenvalue weighted by Crippen LogP contribution is -2.47. The third-order valence-electron chi connectivity index (χ3n) is 7.81. The molecule has 0 aromatic carbocycles. The average Bonchev–Trinajstić information content (AvgIpc) is 3.36. The summed E-state index contributed by atoms with van der Waals surface area (Å²) in [6.45, 7) is 0. The summed E-state index contributed by atoms with van der Waals surface area (Å²) < 4.78 is 42.4. The van der Waals surface area contributed by atoms with Crippen LogP contribution in [-0.4, -0.2) is 55.4 Å². The van der Waals surface area contributed by atoms with Crippen LogP contribution in [0.2, 0.25) is 0 Å². The molecule has 2 aliphatic rings. The van der Waals surface area contributed by atoms with Gasteiger partial charge in [0.25, 0.3) is 11.5 Å². The van der Waals surface area contributed by atoms with Crippen molar-refractivity contribution in [2.45, 2.75) is 56.7 Å². The summed E-state index contributed by atoms with van der Waals surface area (Å²) in [5.41, 5.74) is -0.131. The number of halogens is 1. The summed E-state index contributed by atoms with van der Waals surface area (Å²) in [7, 11) is -3.18. The Balaban J connectivity index is 1.26. The molecule has 0 spiro atoms. The van der Waals surface area contributed by atoms with E-state index in [9.17, 15) is 27.2 Å². The monoisotopic (exact) mass is 554 g/mol. The largest absolute Gasteiger partial charge is 0.348 e. The Hall–Kier alpha value is -3.87. The van der Waals surface area contributed by atoms with Gasteiger partial charge in [-0.2, -0.15) is 0 Å². The lowest BCUT2D eigenvalue weighted by atomic mass is 9.90. The number of hydrogen-bond acceptors (Lipinski definition) is 7. The quantitative estimate of drug-likeness (QED) is 0.407. The molecule has 13 heteroatoms. The maximum atomic E-state index is 14.1. The zero-order chi connectivity index (χ0) is 27.3. The van der Waals surface area contributed by atoms with E-state index < -0.39 is 39.0 Å². The van der Waals surface area contributed by atoms with Crippen LogP contribution in [0, 0.1) is 5.82 Å². The molecular formula is C26H27FN6O5S. The highest BCUT2D eigenvalue weighted by Gasteiger charge is 2.32. The van der Waals surface area contributed by atoms with E-state index in [0.717, 1.165) is 12.3 Å². The van der Waals surface area contributed by atoms with E-state index in [1.165, 1.54) is 9.13 Å². The van der Waals surface area contributed by atoms with Crippen LogP contribution < -0.4 is 16.6 Å². The van der Waals surface area contributed by atoms with Crippen LogP contribution in [0.4, 0.5) is 4.39 Å². The topological polar surface area (TPSA) is 137 Å². The van der Waals surface area contributed by atoms with Gasteiger partial charge >= 0.3 is 5.69 Å². The average molecular weight is 555 g/mol. The van der Waals surface area contributed by atoms with Crippen molar-refractivity contribution in [1.82, 2.24) is 28.8 Å². The molecule has 4 aromatic rings. The van der Waals surface area contributed by atoms with Gasteiger partial charge in [-0.25, -0.2) is 27.6 Å². The fourth-order valence-electron chi connectivity index (χ4n) is 5.77. The van der Waals surface area contributed by atoms with Crippen molar-refractivity contribution >= 4 is 32.4 Å². The van der Waals surface area contributed by atoms with Crippen molar-refractivity contribution in [2.75, 3.05) is 11.5 Å². The number of nitrogens with one attached hydrogen (secondary N) is 1. The number of pyridine rings is 2. The number of amides is 1. The number of imidazole rings is 1. The molecule has 1 saturated carbocycles. The van der Waals surface area contributed by atoms with E-state index >= 15 is 0 Å². The zero-order valence-electron chi connectivity index (χ0n) is 21.0. The van der Waals surface area contributed by atoms with Crippen molar-refractivity contribution < 1.29 is 17.6 Å². The Bertz CT molecular complexity index is 1770. The molecular weight excluding hydrogens is 527 g/mol. The maximum absolute atomic E-state index is 14.1. The first kappa shape index (κ1) is 25.4. The van der Waals surface area contributed by atoms with Gasteiger partial charge in [0.05, 0.1) is 23.1 Å². The minimum atomic E-state index is -3.18. The van der Waals surface area contributed by atoms with Crippen molar-refractivity contribution in [3.05, 3.63) is 75.2 Å². The number of carbonyl (C=O) groups is 1. The number of nitrogens with zero attached hydrogens (tertiary/aromatic N) is 5. The molecule has 11 nitrogen and oxygen atoms in total. The fourth-order valence-corrected chi connectivity index (χ4v) is 7.24. The summed E-state index contributed by atoms with van der Waals surface area (Å²) in [6, 6.07) is 5.52. The Morgan fingerprint density at radius 3 is 2.44 bits per heavy atom. The SMILES string of the molecule is O=C(NC1CCC(n2c(=O)c3cc(F)cnc3n(C3CCS(=O)(=O)CC3)c2=O)CC1)c1cn2ccccc2n1. The standard InChI is InChI=1S/C26H27FN6O5S/c27-16-13-20-23(28-14-16)32(19-8-11-39(37,38)12-9-19)26(36)33(25(20)35)18-6-4-17(5-7-18)29-24(34)21-15-31-10-2-1-3-22(31)30-21/h1-3,10,13-15,17-19H,4-9,11-12H2,(H,29,34). The molecule has 0 bridgehead atoms. The number of carbonyl (C=O) groups excluding carboxylic acids is 1. The predicted octanol–water partition coefficient (Wildman–Crippen LogP) is 2.01. The van der Waals surface area contributed by atoms with Crippen LogP contribution in [0.3, 0.4) is 0 Å². The Morgan fingerprint density at radius 2 is 1.72 bits per heavy atom. The first-order valence-corrected chi connectivity index (χ1v) is 14.8.